The molecule has 2 rings (SSSR count). The predicted octanol–water partition coefficient (Wildman–Crippen LogP) is 0.552. The van der Waals surface area contributed by atoms with Crippen molar-refractivity contribution < 1.29 is 8.42 Å². The molecular weight excluding hydrogens is 212 g/mol. The summed E-state index contributed by atoms with van der Waals surface area (Å²) in [5.74, 6) is 0.278. The second-order valence-corrected chi connectivity index (χ2v) is 6.75. The molecule has 0 spiro atoms. The smallest absolute Gasteiger partial charge is 0.215 e. The van der Waals surface area contributed by atoms with Gasteiger partial charge in [0.1, 0.15) is 0 Å². The number of hydrogen-bond donors (Lipinski definition) is 1. The summed E-state index contributed by atoms with van der Waals surface area (Å²) < 4.78 is 25.6. The van der Waals surface area contributed by atoms with Gasteiger partial charge in [-0.15, -0.1) is 0 Å². The van der Waals surface area contributed by atoms with Crippen molar-refractivity contribution in [2.75, 3.05) is 19.3 Å². The lowest BCUT2D eigenvalue weighted by atomic mass is 9.94. The van der Waals surface area contributed by atoms with Gasteiger partial charge in [-0.25, -0.2) is 12.7 Å². The Kier molecular flexibility index (Phi) is 3.33. The van der Waals surface area contributed by atoms with Crippen molar-refractivity contribution in [3.05, 3.63) is 0 Å². The zero-order valence-electron chi connectivity index (χ0n) is 9.28. The zero-order valence-corrected chi connectivity index (χ0v) is 10.1. The van der Waals surface area contributed by atoms with E-state index in [0.717, 1.165) is 32.2 Å². The fourth-order valence-electron chi connectivity index (χ4n) is 2.25. The Morgan fingerprint density at radius 3 is 2.47 bits per heavy atom. The van der Waals surface area contributed by atoms with E-state index >= 15 is 0 Å². The van der Waals surface area contributed by atoms with Crippen LogP contribution in [0.15, 0.2) is 0 Å². The molecule has 1 saturated carbocycles. The first kappa shape index (κ1) is 11.4. The lowest BCUT2D eigenvalue weighted by Crippen LogP contribution is -2.45. The van der Waals surface area contributed by atoms with Crippen LogP contribution in [0.1, 0.15) is 32.1 Å². The Morgan fingerprint density at radius 1 is 1.27 bits per heavy atom. The van der Waals surface area contributed by atoms with Gasteiger partial charge in [0, 0.05) is 19.1 Å². The highest BCUT2D eigenvalue weighted by Crippen LogP contribution is 2.26. The molecule has 1 N–H and O–H groups in total. The number of nitrogens with one attached hydrogen (secondary N) is 1. The monoisotopic (exact) mass is 232 g/mol. The molecule has 1 unspecified atom stereocenters. The second-order valence-electron chi connectivity index (χ2n) is 4.67. The molecule has 1 heterocycles. The van der Waals surface area contributed by atoms with Gasteiger partial charge in [0.2, 0.25) is 10.0 Å². The van der Waals surface area contributed by atoms with E-state index in [9.17, 15) is 8.42 Å². The van der Waals surface area contributed by atoms with Crippen molar-refractivity contribution in [3.8, 4) is 0 Å². The maximum absolute atomic E-state index is 12.0. The average Bonchev–Trinajstić information content (AvgIpc) is 2.52. The molecule has 2 aliphatic rings. The van der Waals surface area contributed by atoms with Crippen LogP contribution in [0.3, 0.4) is 0 Å². The van der Waals surface area contributed by atoms with Crippen LogP contribution >= 0.6 is 0 Å². The molecule has 1 atom stereocenters. The van der Waals surface area contributed by atoms with Crippen LogP contribution in [-0.4, -0.2) is 44.2 Å². The number of sulfonamides is 1. The summed E-state index contributed by atoms with van der Waals surface area (Å²) in [5, 5.41) is 3.24. The highest BCUT2D eigenvalue weighted by Gasteiger charge is 2.32. The molecular formula is C10H20N2O2S. The van der Waals surface area contributed by atoms with Gasteiger partial charge in [0.05, 0.1) is 5.75 Å². The van der Waals surface area contributed by atoms with E-state index in [1.165, 1.54) is 6.42 Å². The Labute approximate surface area is 92.1 Å². The van der Waals surface area contributed by atoms with Crippen molar-refractivity contribution >= 4 is 10.0 Å². The normalized spacial score (nSPS) is 28.3. The topological polar surface area (TPSA) is 49.4 Å². The molecule has 1 saturated heterocycles. The van der Waals surface area contributed by atoms with Gasteiger partial charge in [0.25, 0.3) is 0 Å². The Bertz CT molecular complexity index is 305. The van der Waals surface area contributed by atoms with Crippen LogP contribution in [0.5, 0.6) is 0 Å². The number of nitrogens with zero attached hydrogens (tertiary/aromatic N) is 1. The summed E-state index contributed by atoms with van der Waals surface area (Å²) in [7, 11) is -1.30. The summed E-state index contributed by atoms with van der Waals surface area (Å²) in [5.41, 5.74) is 0. The minimum absolute atomic E-state index is 0.178. The van der Waals surface area contributed by atoms with E-state index in [0.29, 0.717) is 0 Å². The fraction of sp³-hybridized carbons (Fsp3) is 1.00. The van der Waals surface area contributed by atoms with E-state index in [4.69, 9.17) is 0 Å². The number of hydrogen-bond acceptors (Lipinski definition) is 3. The molecule has 15 heavy (non-hydrogen) atoms. The molecule has 0 aromatic carbocycles. The first-order valence-corrected chi connectivity index (χ1v) is 7.39. The van der Waals surface area contributed by atoms with Crippen molar-refractivity contribution in [2.24, 2.45) is 0 Å². The Balaban J connectivity index is 1.92. The third kappa shape index (κ3) is 2.52. The maximum atomic E-state index is 12.0. The molecule has 0 aromatic heterocycles. The van der Waals surface area contributed by atoms with Gasteiger partial charge in [0.15, 0.2) is 0 Å². The molecule has 0 amide bonds. The van der Waals surface area contributed by atoms with E-state index < -0.39 is 10.0 Å². The highest BCUT2D eigenvalue weighted by atomic mass is 32.2. The van der Waals surface area contributed by atoms with Gasteiger partial charge in [-0.2, -0.15) is 0 Å². The van der Waals surface area contributed by atoms with Crippen molar-refractivity contribution in [2.45, 2.75) is 44.2 Å². The zero-order chi connectivity index (χ0) is 10.9. The third-order valence-corrected chi connectivity index (χ3v) is 5.60. The molecule has 0 bridgehead atoms. The first-order chi connectivity index (χ1) is 7.09. The summed E-state index contributed by atoms with van der Waals surface area (Å²) >= 11 is 0. The van der Waals surface area contributed by atoms with Gasteiger partial charge in [-0.1, -0.05) is 6.42 Å². The van der Waals surface area contributed by atoms with Crippen LogP contribution < -0.4 is 5.32 Å². The van der Waals surface area contributed by atoms with Gasteiger partial charge in [-0.3, -0.25) is 0 Å². The number of rotatable bonds is 4. The second kappa shape index (κ2) is 4.39. The SMILES string of the molecule is CN(C1CCC1)S(=O)(=O)CC1CCCN1. The van der Waals surface area contributed by atoms with Crippen molar-refractivity contribution in [1.29, 1.82) is 0 Å². The summed E-state index contributed by atoms with van der Waals surface area (Å²) in [6.45, 7) is 0.966. The van der Waals surface area contributed by atoms with Gasteiger partial charge >= 0.3 is 0 Å². The van der Waals surface area contributed by atoms with Gasteiger partial charge in [-0.05, 0) is 32.2 Å². The lowest BCUT2D eigenvalue weighted by molar-refractivity contribution is 0.249. The van der Waals surface area contributed by atoms with Crippen LogP contribution in [-0.2, 0) is 10.0 Å². The Hall–Kier alpha value is -0.130. The third-order valence-electron chi connectivity index (χ3n) is 3.60. The van der Waals surface area contributed by atoms with Gasteiger partial charge < -0.3 is 5.32 Å². The van der Waals surface area contributed by atoms with Crippen molar-refractivity contribution in [3.63, 3.8) is 0 Å². The molecule has 0 aromatic rings. The summed E-state index contributed by atoms with van der Waals surface area (Å²) in [6, 6.07) is 0.453. The standard InChI is InChI=1S/C10H20N2O2S/c1-12(10-5-2-6-10)15(13,14)8-9-4-3-7-11-9/h9-11H,2-8H2,1H3. The molecule has 2 fully saturated rings. The first-order valence-electron chi connectivity index (χ1n) is 5.79. The quantitative estimate of drug-likeness (QED) is 0.770. The molecule has 4 nitrogen and oxygen atoms in total. The average molecular weight is 232 g/mol. The van der Waals surface area contributed by atoms with Crippen LogP contribution in [0.2, 0.25) is 0 Å². The summed E-state index contributed by atoms with van der Waals surface area (Å²) in [6.07, 6.45) is 5.35. The molecule has 1 aliphatic heterocycles. The maximum Gasteiger partial charge on any atom is 0.215 e. The molecule has 88 valence electrons. The van der Waals surface area contributed by atoms with E-state index in [1.807, 2.05) is 0 Å². The minimum Gasteiger partial charge on any atom is -0.313 e. The van der Waals surface area contributed by atoms with Crippen LogP contribution in [0.25, 0.3) is 0 Å². The van der Waals surface area contributed by atoms with Crippen molar-refractivity contribution in [1.82, 2.24) is 9.62 Å². The van der Waals surface area contributed by atoms with E-state index in [1.54, 1.807) is 11.4 Å². The van der Waals surface area contributed by atoms with Crippen LogP contribution in [0, 0.1) is 0 Å². The predicted molar refractivity (Wildman–Crippen MR) is 60.2 cm³/mol. The lowest BCUT2D eigenvalue weighted by Gasteiger charge is -2.34. The fourth-order valence-corrected chi connectivity index (χ4v) is 3.94. The minimum atomic E-state index is -3.03. The summed E-state index contributed by atoms with van der Waals surface area (Å²) in [4.78, 5) is 0. The largest absolute Gasteiger partial charge is 0.313 e. The van der Waals surface area contributed by atoms with Crippen LogP contribution in [0.4, 0.5) is 0 Å². The molecule has 0 radical (unpaired) electrons. The molecule has 5 heteroatoms. The highest BCUT2D eigenvalue weighted by molar-refractivity contribution is 7.89. The van der Waals surface area contributed by atoms with E-state index in [2.05, 4.69) is 5.32 Å². The Morgan fingerprint density at radius 2 is 2.00 bits per heavy atom. The molecule has 1 aliphatic carbocycles. The van der Waals surface area contributed by atoms with E-state index in [-0.39, 0.29) is 17.8 Å².